The van der Waals surface area contributed by atoms with Crippen molar-refractivity contribution < 1.29 is 14.3 Å². The van der Waals surface area contributed by atoms with E-state index in [1.54, 1.807) is 17.7 Å². The first-order valence-electron chi connectivity index (χ1n) is 9.59. The van der Waals surface area contributed by atoms with Crippen LogP contribution in [0.2, 0.25) is 5.15 Å². The number of aromatic nitrogens is 3. The van der Waals surface area contributed by atoms with E-state index in [0.29, 0.717) is 41.0 Å². The SMILES string of the molecule is COc1ccc(COCC(C)NC(=O)c2cnn3c4c(c(Cl)nc23)CCN4)cc1N. The smallest absolute Gasteiger partial charge is 0.257 e. The molecule has 0 bridgehead atoms. The van der Waals surface area contributed by atoms with Crippen LogP contribution in [0.1, 0.15) is 28.4 Å². The lowest BCUT2D eigenvalue weighted by Gasteiger charge is -2.14. The van der Waals surface area contributed by atoms with Gasteiger partial charge in [-0.1, -0.05) is 17.7 Å². The third-order valence-corrected chi connectivity index (χ3v) is 5.23. The average Bonchev–Trinajstić information content (AvgIpc) is 3.35. The third-order valence-electron chi connectivity index (χ3n) is 4.91. The monoisotopic (exact) mass is 430 g/mol. The quantitative estimate of drug-likeness (QED) is 0.389. The molecule has 1 aromatic carbocycles. The highest BCUT2D eigenvalue weighted by Gasteiger charge is 2.24. The fraction of sp³-hybridized carbons (Fsp3) is 0.350. The number of halogens is 1. The number of carbonyl (C=O) groups excluding carboxylic acids is 1. The minimum absolute atomic E-state index is 0.217. The van der Waals surface area contributed by atoms with Gasteiger partial charge >= 0.3 is 0 Å². The number of nitrogen functional groups attached to an aromatic ring is 1. The number of benzene rings is 1. The summed E-state index contributed by atoms with van der Waals surface area (Å²) >= 11 is 6.28. The Morgan fingerprint density at radius 1 is 1.47 bits per heavy atom. The predicted octanol–water partition coefficient (Wildman–Crippen LogP) is 2.28. The Morgan fingerprint density at radius 3 is 3.07 bits per heavy atom. The zero-order chi connectivity index (χ0) is 21.3. The summed E-state index contributed by atoms with van der Waals surface area (Å²) in [5, 5.41) is 10.8. The lowest BCUT2D eigenvalue weighted by molar-refractivity contribution is 0.0821. The second-order valence-corrected chi connectivity index (χ2v) is 7.52. The molecule has 0 aliphatic carbocycles. The Labute approximate surface area is 178 Å². The lowest BCUT2D eigenvalue weighted by Crippen LogP contribution is -2.35. The largest absolute Gasteiger partial charge is 0.495 e. The van der Waals surface area contributed by atoms with Crippen LogP contribution >= 0.6 is 11.6 Å². The molecule has 10 heteroatoms. The molecular weight excluding hydrogens is 408 g/mol. The Morgan fingerprint density at radius 2 is 2.30 bits per heavy atom. The highest BCUT2D eigenvalue weighted by Crippen LogP contribution is 2.29. The van der Waals surface area contributed by atoms with Crippen molar-refractivity contribution >= 4 is 34.7 Å². The molecule has 1 amide bonds. The van der Waals surface area contributed by atoms with Crippen LogP contribution in [0.4, 0.5) is 11.5 Å². The van der Waals surface area contributed by atoms with E-state index in [-0.39, 0.29) is 11.9 Å². The first-order chi connectivity index (χ1) is 14.5. The molecule has 0 saturated carbocycles. The molecule has 3 aromatic rings. The summed E-state index contributed by atoms with van der Waals surface area (Å²) in [6.45, 7) is 3.35. The minimum atomic E-state index is -0.281. The molecule has 1 aliphatic rings. The van der Waals surface area contributed by atoms with Gasteiger partial charge in [0.25, 0.3) is 5.91 Å². The maximum Gasteiger partial charge on any atom is 0.257 e. The summed E-state index contributed by atoms with van der Waals surface area (Å²) < 4.78 is 12.5. The molecule has 4 rings (SSSR count). The Bertz CT molecular complexity index is 1100. The number of hydrogen-bond acceptors (Lipinski definition) is 7. The van der Waals surface area contributed by atoms with Crippen LogP contribution in [-0.4, -0.2) is 46.8 Å². The van der Waals surface area contributed by atoms with Crippen LogP contribution in [0.3, 0.4) is 0 Å². The summed E-state index contributed by atoms with van der Waals surface area (Å²) in [7, 11) is 1.57. The number of nitrogens with one attached hydrogen (secondary N) is 2. The van der Waals surface area contributed by atoms with Crippen LogP contribution in [0.15, 0.2) is 24.4 Å². The molecule has 3 heterocycles. The Kier molecular flexibility index (Phi) is 5.65. The number of rotatable bonds is 7. The van der Waals surface area contributed by atoms with Crippen molar-refractivity contribution in [3.63, 3.8) is 0 Å². The van der Waals surface area contributed by atoms with Crippen LogP contribution in [0.25, 0.3) is 5.65 Å². The molecule has 1 aliphatic heterocycles. The second-order valence-electron chi connectivity index (χ2n) is 7.17. The van der Waals surface area contributed by atoms with E-state index in [1.807, 2.05) is 19.1 Å². The summed E-state index contributed by atoms with van der Waals surface area (Å²) in [5.74, 6) is 1.14. The zero-order valence-corrected chi connectivity index (χ0v) is 17.5. The summed E-state index contributed by atoms with van der Waals surface area (Å²) in [5.41, 5.74) is 9.09. The van der Waals surface area contributed by atoms with E-state index in [0.717, 1.165) is 29.9 Å². The Hall–Kier alpha value is -3.04. The number of amides is 1. The predicted molar refractivity (Wildman–Crippen MR) is 114 cm³/mol. The number of ether oxygens (including phenoxy) is 2. The molecule has 0 saturated heterocycles. The normalized spacial score (nSPS) is 13.7. The minimum Gasteiger partial charge on any atom is -0.495 e. The number of nitrogens with two attached hydrogens (primary N) is 1. The van der Waals surface area contributed by atoms with Gasteiger partial charge in [0.2, 0.25) is 0 Å². The molecule has 30 heavy (non-hydrogen) atoms. The van der Waals surface area contributed by atoms with Gasteiger partial charge in [0, 0.05) is 18.2 Å². The molecule has 0 spiro atoms. The van der Waals surface area contributed by atoms with Crippen molar-refractivity contribution in [2.24, 2.45) is 0 Å². The van der Waals surface area contributed by atoms with Gasteiger partial charge in [-0.2, -0.15) is 9.61 Å². The van der Waals surface area contributed by atoms with Crippen molar-refractivity contribution in [2.45, 2.75) is 26.0 Å². The van der Waals surface area contributed by atoms with E-state index >= 15 is 0 Å². The maximum atomic E-state index is 12.7. The molecule has 0 fully saturated rings. The van der Waals surface area contributed by atoms with E-state index in [4.69, 9.17) is 26.8 Å². The second kappa shape index (κ2) is 8.37. The fourth-order valence-corrected chi connectivity index (χ4v) is 3.70. The summed E-state index contributed by atoms with van der Waals surface area (Å²) in [6, 6.07) is 5.28. The van der Waals surface area contributed by atoms with E-state index in [9.17, 15) is 4.79 Å². The van der Waals surface area contributed by atoms with Crippen LogP contribution in [-0.2, 0) is 17.8 Å². The maximum absolute atomic E-state index is 12.7. The van der Waals surface area contributed by atoms with Gasteiger partial charge in [-0.3, -0.25) is 4.79 Å². The molecular formula is C20H23ClN6O3. The first-order valence-corrected chi connectivity index (χ1v) is 9.96. The van der Waals surface area contributed by atoms with E-state index in [1.165, 1.54) is 6.20 Å². The topological polar surface area (TPSA) is 116 Å². The van der Waals surface area contributed by atoms with Gasteiger partial charge in [-0.05, 0) is 31.0 Å². The molecule has 4 N–H and O–H groups in total. The number of nitrogens with zero attached hydrogens (tertiary/aromatic N) is 3. The number of hydrogen-bond donors (Lipinski definition) is 3. The molecule has 0 radical (unpaired) electrons. The molecule has 1 unspecified atom stereocenters. The number of carbonyl (C=O) groups is 1. The van der Waals surface area contributed by atoms with E-state index < -0.39 is 0 Å². The van der Waals surface area contributed by atoms with Gasteiger partial charge in [0.05, 0.1) is 32.2 Å². The van der Waals surface area contributed by atoms with Gasteiger partial charge in [0.15, 0.2) is 5.65 Å². The van der Waals surface area contributed by atoms with Crippen LogP contribution in [0, 0.1) is 0 Å². The molecule has 1 atom stereocenters. The van der Waals surface area contributed by atoms with Gasteiger partial charge < -0.3 is 25.8 Å². The third kappa shape index (κ3) is 3.86. The zero-order valence-electron chi connectivity index (χ0n) is 16.7. The van der Waals surface area contributed by atoms with Crippen molar-refractivity contribution in [1.82, 2.24) is 19.9 Å². The Balaban J connectivity index is 1.37. The van der Waals surface area contributed by atoms with Gasteiger partial charge in [0.1, 0.15) is 22.3 Å². The molecule has 9 nitrogen and oxygen atoms in total. The number of anilines is 2. The van der Waals surface area contributed by atoms with Crippen molar-refractivity contribution in [3.05, 3.63) is 46.2 Å². The number of fused-ring (bicyclic) bond motifs is 3. The van der Waals surface area contributed by atoms with Crippen LogP contribution < -0.4 is 21.1 Å². The highest BCUT2D eigenvalue weighted by atomic mass is 35.5. The lowest BCUT2D eigenvalue weighted by atomic mass is 10.2. The van der Waals surface area contributed by atoms with Gasteiger partial charge in [-0.25, -0.2) is 4.98 Å². The van der Waals surface area contributed by atoms with Crippen molar-refractivity contribution in [1.29, 1.82) is 0 Å². The van der Waals surface area contributed by atoms with Crippen molar-refractivity contribution in [2.75, 3.05) is 31.3 Å². The van der Waals surface area contributed by atoms with E-state index in [2.05, 4.69) is 20.7 Å². The van der Waals surface area contributed by atoms with Crippen LogP contribution in [0.5, 0.6) is 5.75 Å². The van der Waals surface area contributed by atoms with Gasteiger partial charge in [-0.15, -0.1) is 0 Å². The molecule has 2 aromatic heterocycles. The average molecular weight is 431 g/mol. The summed E-state index contributed by atoms with van der Waals surface area (Å²) in [4.78, 5) is 17.1. The molecule has 158 valence electrons. The highest BCUT2D eigenvalue weighted by molar-refractivity contribution is 6.30. The summed E-state index contributed by atoms with van der Waals surface area (Å²) in [6.07, 6.45) is 2.29. The standard InChI is InChI=1S/C20H23ClN6O3/c1-11(9-30-10-12-3-4-16(29-2)15(22)7-12)25-20(28)14-8-24-27-18-13(5-6-23-18)17(21)26-19(14)27/h3-4,7-8,11,23H,5-6,9-10,22H2,1-2H3,(H,25,28). The first kappa shape index (κ1) is 20.2. The fourth-order valence-electron chi connectivity index (χ4n) is 3.44. The van der Waals surface area contributed by atoms with Crippen molar-refractivity contribution in [3.8, 4) is 5.75 Å². The number of methoxy groups -OCH3 is 1.